The average Bonchev–Trinajstić information content (AvgIpc) is 3.31. The largest absolute Gasteiger partial charge is 0.516 e. The number of aryl methyl sites for hydroxylation is 2. The van der Waals surface area contributed by atoms with Crippen LogP contribution in [0.2, 0.25) is 0 Å². The fraction of sp³-hybridized carbons (Fsp3) is 0.227. The van der Waals surface area contributed by atoms with Crippen LogP contribution in [0.3, 0.4) is 0 Å². The number of halogens is 3. The molecular formula is C22H19F3IrN6O2-2. The fourth-order valence-corrected chi connectivity index (χ4v) is 2.70. The van der Waals surface area contributed by atoms with Crippen LogP contribution < -0.4 is 14.6 Å². The quantitative estimate of drug-likeness (QED) is 0.306. The van der Waals surface area contributed by atoms with Crippen LogP contribution in [0.15, 0.2) is 42.7 Å². The molecule has 0 spiro atoms. The summed E-state index contributed by atoms with van der Waals surface area (Å²) in [6.45, 7) is 3.84. The van der Waals surface area contributed by atoms with E-state index in [2.05, 4.69) is 36.2 Å². The molecule has 34 heavy (non-hydrogen) atoms. The molecule has 0 fully saturated rings. The summed E-state index contributed by atoms with van der Waals surface area (Å²) in [7, 11) is 3.22. The van der Waals surface area contributed by atoms with Crippen molar-refractivity contribution in [1.82, 2.24) is 30.1 Å². The molecule has 3 aromatic heterocycles. The summed E-state index contributed by atoms with van der Waals surface area (Å²) in [5.74, 6) is -0.0421. The molecule has 3 heterocycles. The second-order valence-electron chi connectivity index (χ2n) is 6.62. The maximum Gasteiger partial charge on any atom is 0.429 e. The number of aromatic nitrogens is 6. The van der Waals surface area contributed by atoms with Crippen molar-refractivity contribution in [2.75, 3.05) is 14.2 Å². The Bertz CT molecular complexity index is 1200. The van der Waals surface area contributed by atoms with Crippen molar-refractivity contribution < 1.29 is 42.8 Å². The van der Waals surface area contributed by atoms with Crippen LogP contribution in [0.1, 0.15) is 17.2 Å². The maximum absolute atomic E-state index is 12.1. The minimum atomic E-state index is -4.57. The summed E-state index contributed by atoms with van der Waals surface area (Å²) in [5.41, 5.74) is 3.63. The molecular weight excluding hydrogens is 629 g/mol. The molecule has 8 nitrogen and oxygen atoms in total. The number of nitrogens with zero attached hydrogens (tertiary/aromatic N) is 6. The van der Waals surface area contributed by atoms with E-state index >= 15 is 0 Å². The number of benzene rings is 1. The van der Waals surface area contributed by atoms with Crippen LogP contribution in [0, 0.1) is 19.9 Å². The molecule has 0 aliphatic carbocycles. The molecule has 1 aromatic carbocycles. The molecule has 181 valence electrons. The van der Waals surface area contributed by atoms with Gasteiger partial charge in [0.2, 0.25) is 0 Å². The molecule has 0 atom stereocenters. The molecule has 0 aliphatic rings. The molecule has 12 heteroatoms. The average molecular weight is 649 g/mol. The van der Waals surface area contributed by atoms with Crippen LogP contribution in [0.25, 0.3) is 22.8 Å². The van der Waals surface area contributed by atoms with E-state index in [4.69, 9.17) is 9.47 Å². The molecule has 4 aromatic rings. The Hall–Kier alpha value is -3.37. The van der Waals surface area contributed by atoms with E-state index in [-0.39, 0.29) is 31.6 Å². The van der Waals surface area contributed by atoms with Crippen molar-refractivity contribution in [2.45, 2.75) is 20.0 Å². The topological polar surface area (TPSA) is 97.0 Å². The smallest absolute Gasteiger partial charge is 0.429 e. The van der Waals surface area contributed by atoms with Gasteiger partial charge in [0.25, 0.3) is 0 Å². The van der Waals surface area contributed by atoms with Gasteiger partial charge in [-0.2, -0.15) is 13.2 Å². The number of pyridine rings is 1. The number of alkyl halides is 3. The van der Waals surface area contributed by atoms with E-state index in [1.54, 1.807) is 38.6 Å². The molecule has 0 N–H and O–H groups in total. The van der Waals surface area contributed by atoms with E-state index < -0.39 is 12.0 Å². The van der Waals surface area contributed by atoms with E-state index in [9.17, 15) is 13.2 Å². The van der Waals surface area contributed by atoms with Gasteiger partial charge in [0, 0.05) is 55.4 Å². The van der Waals surface area contributed by atoms with Crippen LogP contribution in [-0.4, -0.2) is 39.3 Å². The Kier molecular flexibility index (Phi) is 9.22. The minimum absolute atomic E-state index is 0. The monoisotopic (exact) mass is 649 g/mol. The van der Waals surface area contributed by atoms with Gasteiger partial charge in [-0.3, -0.25) is 15.1 Å². The fourth-order valence-electron chi connectivity index (χ4n) is 2.70. The molecule has 4 rings (SSSR count). The molecule has 1 radical (unpaired) electrons. The first-order chi connectivity index (χ1) is 15.7. The first-order valence-corrected chi connectivity index (χ1v) is 9.53. The summed E-state index contributed by atoms with van der Waals surface area (Å²) >= 11 is 0. The molecule has 0 bridgehead atoms. The van der Waals surface area contributed by atoms with E-state index in [1.165, 1.54) is 12.3 Å². The standard InChI is InChI=1S/C14H15N2O2.C8H4F3N4.Ir/c1-9-8-15-14(10(2)16-9)11-5-12(17-3)7-13(6-11)18-4;9-8(10,11)7-13-6(14-15-7)5-3-1-2-4-12-5;/h5,7-8H,1-4H3;1-4H;/q2*-1;. The predicted molar refractivity (Wildman–Crippen MR) is 112 cm³/mol. The van der Waals surface area contributed by atoms with E-state index in [1.807, 2.05) is 19.9 Å². The van der Waals surface area contributed by atoms with Crippen molar-refractivity contribution in [3.05, 3.63) is 66.0 Å². The zero-order chi connectivity index (χ0) is 24.0. The zero-order valence-corrected chi connectivity index (χ0v) is 20.9. The third kappa shape index (κ3) is 6.82. The van der Waals surface area contributed by atoms with Crippen LogP contribution in [0.4, 0.5) is 13.2 Å². The third-order valence-corrected chi connectivity index (χ3v) is 4.19. The van der Waals surface area contributed by atoms with Gasteiger partial charge in [-0.1, -0.05) is 18.2 Å². The second-order valence-corrected chi connectivity index (χ2v) is 6.62. The molecule has 0 saturated heterocycles. The summed E-state index contributed by atoms with van der Waals surface area (Å²) < 4.78 is 46.8. The van der Waals surface area contributed by atoms with Crippen LogP contribution in [0.5, 0.6) is 11.5 Å². The van der Waals surface area contributed by atoms with E-state index in [0.29, 0.717) is 11.5 Å². The number of methoxy groups -OCH3 is 2. The number of rotatable bonds is 4. The van der Waals surface area contributed by atoms with Crippen molar-refractivity contribution in [1.29, 1.82) is 0 Å². The van der Waals surface area contributed by atoms with Crippen molar-refractivity contribution in [3.63, 3.8) is 0 Å². The summed E-state index contributed by atoms with van der Waals surface area (Å²) in [4.78, 5) is 15.8. The third-order valence-electron chi connectivity index (χ3n) is 4.19. The Morgan fingerprint density at radius 1 is 1.00 bits per heavy atom. The van der Waals surface area contributed by atoms with E-state index in [0.717, 1.165) is 22.6 Å². The SMILES string of the molecule is COc1[c-]c(-c2ncc(C)nc2C)cc(OC)c1.FC(F)(F)c1n[n-]c(-c2ccccn2)n1.[Ir]. The zero-order valence-electron chi connectivity index (χ0n) is 18.5. The molecule has 0 unspecified atom stereocenters. The minimum Gasteiger partial charge on any atom is -0.516 e. The first kappa shape index (κ1) is 26.9. The van der Waals surface area contributed by atoms with Crippen LogP contribution >= 0.6 is 0 Å². The van der Waals surface area contributed by atoms with Gasteiger partial charge in [0.15, 0.2) is 0 Å². The number of hydrogen-bond acceptors (Lipinski definition) is 7. The Balaban J connectivity index is 0.000000237. The normalized spacial score (nSPS) is 10.6. The van der Waals surface area contributed by atoms with Crippen molar-refractivity contribution in [2.24, 2.45) is 0 Å². The summed E-state index contributed by atoms with van der Waals surface area (Å²) in [5, 5.41) is 6.25. The van der Waals surface area contributed by atoms with Gasteiger partial charge in [0.05, 0.1) is 25.6 Å². The summed E-state index contributed by atoms with van der Waals surface area (Å²) in [6, 6.07) is 11.6. The van der Waals surface area contributed by atoms with Crippen LogP contribution in [-0.2, 0) is 26.3 Å². The Morgan fingerprint density at radius 3 is 2.32 bits per heavy atom. The Morgan fingerprint density at radius 2 is 1.76 bits per heavy atom. The first-order valence-electron chi connectivity index (χ1n) is 9.53. The number of ether oxygens (including phenoxy) is 2. The summed E-state index contributed by atoms with van der Waals surface area (Å²) in [6.07, 6.45) is -1.39. The second kappa shape index (κ2) is 11.7. The van der Waals surface area contributed by atoms with Gasteiger partial charge in [-0.05, 0) is 31.8 Å². The van der Waals surface area contributed by atoms with Gasteiger partial charge in [-0.25, -0.2) is 0 Å². The molecule has 0 amide bonds. The number of hydrogen-bond donors (Lipinski definition) is 0. The Labute approximate surface area is 207 Å². The van der Waals surface area contributed by atoms with Gasteiger partial charge >= 0.3 is 6.18 Å². The maximum atomic E-state index is 12.1. The molecule has 0 saturated carbocycles. The van der Waals surface area contributed by atoms with Gasteiger partial charge in [-0.15, -0.1) is 11.6 Å². The van der Waals surface area contributed by atoms with Gasteiger partial charge in [0.1, 0.15) is 5.82 Å². The van der Waals surface area contributed by atoms with Crippen molar-refractivity contribution in [3.8, 4) is 34.3 Å². The van der Waals surface area contributed by atoms with Crippen molar-refractivity contribution >= 4 is 0 Å². The van der Waals surface area contributed by atoms with Gasteiger partial charge < -0.3 is 24.5 Å². The molecule has 0 aliphatic heterocycles. The predicted octanol–water partition coefficient (Wildman–Crippen LogP) is 4.09.